The number of nitrogens with zero attached hydrogens (tertiary/aromatic N) is 2. The molecule has 9 heteroatoms. The standard InChI is InChI=1S/C26H21ClN4O4/c1-34-19-9-3-16(23(12-19)35-2)13-29-25(32)15-4-10-22-20(11-15)24-21(14-28-22)26(33)31(30-24)18-7-5-17(27)6-8-18/h3-12,14,30H,13H2,1-2H3,(H,29,32). The van der Waals surface area contributed by atoms with E-state index < -0.39 is 0 Å². The highest BCUT2D eigenvalue weighted by Crippen LogP contribution is 2.25. The number of hydrogen-bond acceptors (Lipinski definition) is 5. The molecule has 1 amide bonds. The third kappa shape index (κ3) is 4.20. The minimum Gasteiger partial charge on any atom is -0.497 e. The van der Waals surface area contributed by atoms with Gasteiger partial charge in [0.15, 0.2) is 0 Å². The summed E-state index contributed by atoms with van der Waals surface area (Å²) in [6.45, 7) is 0.274. The van der Waals surface area contributed by atoms with E-state index in [4.69, 9.17) is 21.1 Å². The molecule has 0 radical (unpaired) electrons. The van der Waals surface area contributed by atoms with Gasteiger partial charge in [0, 0.05) is 40.3 Å². The van der Waals surface area contributed by atoms with Gasteiger partial charge in [0.25, 0.3) is 11.5 Å². The number of methoxy groups -OCH3 is 2. The maximum absolute atomic E-state index is 13.0. The molecular formula is C26H21ClN4O4. The molecule has 0 saturated heterocycles. The number of aromatic nitrogens is 3. The number of rotatable bonds is 6. The number of ether oxygens (including phenoxy) is 2. The molecule has 2 heterocycles. The zero-order valence-electron chi connectivity index (χ0n) is 19.0. The van der Waals surface area contributed by atoms with Crippen molar-refractivity contribution in [3.8, 4) is 17.2 Å². The highest BCUT2D eigenvalue weighted by molar-refractivity contribution is 6.30. The van der Waals surface area contributed by atoms with E-state index in [0.717, 1.165) is 5.56 Å². The second-order valence-electron chi connectivity index (χ2n) is 7.87. The molecular weight excluding hydrogens is 468 g/mol. The molecule has 176 valence electrons. The van der Waals surface area contributed by atoms with Gasteiger partial charge in [-0.15, -0.1) is 0 Å². The van der Waals surface area contributed by atoms with Crippen LogP contribution >= 0.6 is 11.6 Å². The molecule has 0 unspecified atom stereocenters. The van der Waals surface area contributed by atoms with Gasteiger partial charge < -0.3 is 14.8 Å². The Morgan fingerprint density at radius 1 is 1.03 bits per heavy atom. The minimum absolute atomic E-state index is 0.238. The lowest BCUT2D eigenvalue weighted by Gasteiger charge is -2.11. The maximum Gasteiger partial charge on any atom is 0.280 e. The Morgan fingerprint density at radius 2 is 1.83 bits per heavy atom. The number of fused-ring (bicyclic) bond motifs is 3. The van der Waals surface area contributed by atoms with E-state index in [9.17, 15) is 9.59 Å². The van der Waals surface area contributed by atoms with Crippen LogP contribution in [0.2, 0.25) is 5.02 Å². The Kier molecular flexibility index (Phi) is 5.88. The Morgan fingerprint density at radius 3 is 2.57 bits per heavy atom. The van der Waals surface area contributed by atoms with E-state index in [1.807, 2.05) is 12.1 Å². The van der Waals surface area contributed by atoms with Crippen molar-refractivity contribution in [3.05, 3.63) is 93.4 Å². The van der Waals surface area contributed by atoms with Gasteiger partial charge >= 0.3 is 0 Å². The molecule has 35 heavy (non-hydrogen) atoms. The zero-order chi connectivity index (χ0) is 24.5. The van der Waals surface area contributed by atoms with Crippen molar-refractivity contribution in [2.75, 3.05) is 14.2 Å². The molecule has 5 aromatic rings. The second-order valence-corrected chi connectivity index (χ2v) is 8.30. The molecule has 0 fully saturated rings. The summed E-state index contributed by atoms with van der Waals surface area (Å²) in [6.07, 6.45) is 1.54. The first-order valence-electron chi connectivity index (χ1n) is 10.8. The second kappa shape index (κ2) is 9.15. The van der Waals surface area contributed by atoms with Gasteiger partial charge in [-0.3, -0.25) is 19.7 Å². The summed E-state index contributed by atoms with van der Waals surface area (Å²) in [7, 11) is 3.15. The number of hydrogen-bond donors (Lipinski definition) is 2. The lowest BCUT2D eigenvalue weighted by molar-refractivity contribution is 0.0951. The third-order valence-corrected chi connectivity index (χ3v) is 6.06. The fourth-order valence-electron chi connectivity index (χ4n) is 3.95. The van der Waals surface area contributed by atoms with Crippen LogP contribution in [-0.2, 0) is 6.54 Å². The fraction of sp³-hybridized carbons (Fsp3) is 0.115. The first kappa shape index (κ1) is 22.5. The van der Waals surface area contributed by atoms with Gasteiger partial charge in [0.1, 0.15) is 11.5 Å². The molecule has 0 atom stereocenters. The van der Waals surface area contributed by atoms with Crippen LogP contribution in [0.3, 0.4) is 0 Å². The highest BCUT2D eigenvalue weighted by atomic mass is 35.5. The predicted octanol–water partition coefficient (Wildman–Crippen LogP) is 4.47. The molecule has 5 rings (SSSR count). The number of halogens is 1. The largest absolute Gasteiger partial charge is 0.497 e. The zero-order valence-corrected chi connectivity index (χ0v) is 19.7. The molecule has 8 nitrogen and oxygen atoms in total. The summed E-state index contributed by atoms with van der Waals surface area (Å²) in [4.78, 5) is 30.4. The van der Waals surface area contributed by atoms with Crippen LogP contribution in [-0.4, -0.2) is 34.9 Å². The predicted molar refractivity (Wildman–Crippen MR) is 135 cm³/mol. The first-order chi connectivity index (χ1) is 17.0. The molecule has 0 spiro atoms. The Hall–Kier alpha value is -4.30. The van der Waals surface area contributed by atoms with E-state index >= 15 is 0 Å². The monoisotopic (exact) mass is 488 g/mol. The van der Waals surface area contributed by atoms with Crippen LogP contribution in [0.5, 0.6) is 11.5 Å². The summed E-state index contributed by atoms with van der Waals surface area (Å²) in [5.74, 6) is 1.03. The van der Waals surface area contributed by atoms with E-state index in [1.54, 1.807) is 68.9 Å². The normalized spacial score (nSPS) is 11.1. The number of nitrogens with one attached hydrogen (secondary N) is 2. The van der Waals surface area contributed by atoms with Crippen molar-refractivity contribution in [2.24, 2.45) is 0 Å². The van der Waals surface area contributed by atoms with Gasteiger partial charge in [-0.2, -0.15) is 0 Å². The molecule has 0 aliphatic carbocycles. The smallest absolute Gasteiger partial charge is 0.280 e. The Balaban J connectivity index is 1.48. The van der Waals surface area contributed by atoms with Crippen LogP contribution in [0.15, 0.2) is 71.7 Å². The van der Waals surface area contributed by atoms with Gasteiger partial charge in [0.2, 0.25) is 0 Å². The van der Waals surface area contributed by atoms with Crippen LogP contribution in [0.4, 0.5) is 0 Å². The molecule has 0 aliphatic heterocycles. The molecule has 3 aromatic carbocycles. The van der Waals surface area contributed by atoms with Gasteiger partial charge in [-0.25, -0.2) is 4.68 Å². The molecule has 0 bridgehead atoms. The Labute approximate surface area is 205 Å². The van der Waals surface area contributed by atoms with Crippen molar-refractivity contribution in [3.63, 3.8) is 0 Å². The van der Waals surface area contributed by atoms with Gasteiger partial charge in [-0.05, 0) is 54.6 Å². The van der Waals surface area contributed by atoms with Crippen molar-refractivity contribution in [2.45, 2.75) is 6.54 Å². The fourth-order valence-corrected chi connectivity index (χ4v) is 4.07. The van der Waals surface area contributed by atoms with Crippen molar-refractivity contribution in [1.82, 2.24) is 20.1 Å². The van der Waals surface area contributed by atoms with Crippen molar-refractivity contribution >= 4 is 39.3 Å². The van der Waals surface area contributed by atoms with E-state index in [2.05, 4.69) is 15.4 Å². The average molecular weight is 489 g/mol. The number of amides is 1. The quantitative estimate of drug-likeness (QED) is 0.367. The van der Waals surface area contributed by atoms with Crippen molar-refractivity contribution in [1.29, 1.82) is 0 Å². The molecule has 2 N–H and O–H groups in total. The lowest BCUT2D eigenvalue weighted by atomic mass is 10.1. The van der Waals surface area contributed by atoms with Crippen LogP contribution < -0.4 is 20.3 Å². The van der Waals surface area contributed by atoms with Crippen LogP contribution in [0, 0.1) is 0 Å². The number of H-pyrrole nitrogens is 1. The van der Waals surface area contributed by atoms with Crippen LogP contribution in [0.1, 0.15) is 15.9 Å². The number of pyridine rings is 1. The van der Waals surface area contributed by atoms with Gasteiger partial charge in [-0.1, -0.05) is 11.6 Å². The minimum atomic E-state index is -0.263. The highest BCUT2D eigenvalue weighted by Gasteiger charge is 2.15. The summed E-state index contributed by atoms with van der Waals surface area (Å²) in [6, 6.07) is 17.5. The SMILES string of the molecule is COc1ccc(CNC(=O)c2ccc3ncc4c(=O)n(-c5ccc(Cl)cc5)[nH]c4c3c2)c(OC)c1. The van der Waals surface area contributed by atoms with Crippen molar-refractivity contribution < 1.29 is 14.3 Å². The number of carbonyl (C=O) groups excluding carboxylic acids is 1. The number of carbonyl (C=O) groups is 1. The third-order valence-electron chi connectivity index (χ3n) is 5.81. The number of benzene rings is 3. The van der Waals surface area contributed by atoms with E-state index in [0.29, 0.717) is 49.6 Å². The average Bonchev–Trinajstić information content (AvgIpc) is 3.24. The van der Waals surface area contributed by atoms with E-state index in [-0.39, 0.29) is 18.0 Å². The summed E-state index contributed by atoms with van der Waals surface area (Å²) in [5, 5.41) is 7.74. The van der Waals surface area contributed by atoms with E-state index in [1.165, 1.54) is 4.68 Å². The molecule has 0 aliphatic rings. The number of aromatic amines is 1. The lowest BCUT2D eigenvalue weighted by Crippen LogP contribution is -2.23. The Bertz CT molecular complexity index is 1620. The first-order valence-corrected chi connectivity index (χ1v) is 11.1. The molecule has 0 saturated carbocycles. The summed E-state index contributed by atoms with van der Waals surface area (Å²) in [5.41, 5.74) is 2.93. The maximum atomic E-state index is 13.0. The summed E-state index contributed by atoms with van der Waals surface area (Å²) >= 11 is 5.98. The molecule has 2 aromatic heterocycles. The summed E-state index contributed by atoms with van der Waals surface area (Å²) < 4.78 is 12.1. The topological polar surface area (TPSA) is 98.2 Å². The van der Waals surface area contributed by atoms with Gasteiger partial charge in [0.05, 0.1) is 36.3 Å². The van der Waals surface area contributed by atoms with Crippen LogP contribution in [0.25, 0.3) is 27.5 Å².